The number of hydrogen-bond donors (Lipinski definition) is 1. The van der Waals surface area contributed by atoms with Gasteiger partial charge in [0.2, 0.25) is 5.91 Å². The maximum Gasteiger partial charge on any atom is 0.397 e. The van der Waals surface area contributed by atoms with Crippen LogP contribution in [-0.2, 0) is 13.8 Å². The smallest absolute Gasteiger partial charge is 0.325 e. The Morgan fingerprint density at radius 3 is 2.05 bits per heavy atom. The number of rotatable bonds is 3. The van der Waals surface area contributed by atoms with Crippen molar-refractivity contribution in [3.8, 4) is 0 Å². The van der Waals surface area contributed by atoms with E-state index in [1.807, 2.05) is 0 Å². The molecular weight excluding hydrogens is 319 g/mol. The Morgan fingerprint density at radius 1 is 1.25 bits per heavy atom. The average Bonchev–Trinajstić information content (AvgIpc) is 2.19. The van der Waals surface area contributed by atoms with Crippen LogP contribution in [0.4, 0.5) is 18.9 Å². The summed E-state index contributed by atoms with van der Waals surface area (Å²) in [6, 6.07) is 2.36. The quantitative estimate of drug-likeness (QED) is 0.867. The molecule has 0 fully saturated rings. The average molecular weight is 330 g/mol. The molecule has 0 aliphatic heterocycles. The first-order valence-electron chi connectivity index (χ1n) is 5.32. The third-order valence-corrected chi connectivity index (χ3v) is 3.75. The van der Waals surface area contributed by atoms with Crippen LogP contribution in [-0.4, -0.2) is 20.5 Å². The second-order valence-electron chi connectivity index (χ2n) is 4.21. The van der Waals surface area contributed by atoms with E-state index in [1.54, 1.807) is 0 Å². The maximum atomic E-state index is 12.1. The number of anilines is 1. The highest BCUT2D eigenvalue weighted by Crippen LogP contribution is 2.27. The molecular formula is C11H11ClF3NO3S. The third kappa shape index (κ3) is 4.68. The molecule has 1 aromatic rings. The van der Waals surface area contributed by atoms with Crippen LogP contribution in [0.25, 0.3) is 0 Å². The summed E-state index contributed by atoms with van der Waals surface area (Å²) < 4.78 is 58.6. The Morgan fingerprint density at radius 2 is 1.70 bits per heavy atom. The number of carbonyl (C=O) groups excluding carboxylic acids is 1. The predicted molar refractivity (Wildman–Crippen MR) is 68.3 cm³/mol. The number of nitrogens with one attached hydrogen (secondary N) is 1. The van der Waals surface area contributed by atoms with E-state index in [-0.39, 0.29) is 10.6 Å². The van der Waals surface area contributed by atoms with Gasteiger partial charge in [-0.1, -0.05) is 0 Å². The van der Waals surface area contributed by atoms with Gasteiger partial charge in [0.1, 0.15) is 6.42 Å². The Kier molecular flexibility index (Phi) is 4.70. The van der Waals surface area contributed by atoms with Gasteiger partial charge in [0, 0.05) is 16.4 Å². The standard InChI is InChI=1S/C11H11ClF3NO3S/c1-6-3-8(20(12,18)19)4-7(2)10(6)16-9(17)5-11(13,14)15/h3-4H,5H2,1-2H3,(H,16,17). The van der Waals surface area contributed by atoms with Crippen LogP contribution < -0.4 is 5.32 Å². The van der Waals surface area contributed by atoms with Gasteiger partial charge >= 0.3 is 6.18 Å². The van der Waals surface area contributed by atoms with Crippen molar-refractivity contribution in [1.29, 1.82) is 0 Å². The van der Waals surface area contributed by atoms with E-state index in [2.05, 4.69) is 5.32 Å². The molecule has 9 heteroatoms. The lowest BCUT2D eigenvalue weighted by molar-refractivity contribution is -0.150. The zero-order valence-electron chi connectivity index (χ0n) is 10.5. The zero-order valence-corrected chi connectivity index (χ0v) is 12.1. The number of halogens is 4. The molecule has 1 amide bonds. The fraction of sp³-hybridized carbons (Fsp3) is 0.364. The minimum absolute atomic E-state index is 0.142. The minimum atomic E-state index is -4.61. The Bertz CT molecular complexity index is 618. The molecule has 0 bridgehead atoms. The molecule has 0 atom stereocenters. The molecule has 1 N–H and O–H groups in total. The largest absolute Gasteiger partial charge is 0.397 e. The maximum absolute atomic E-state index is 12.1. The van der Waals surface area contributed by atoms with Gasteiger partial charge in [-0.25, -0.2) is 8.42 Å². The Balaban J connectivity index is 3.07. The molecule has 112 valence electrons. The highest BCUT2D eigenvalue weighted by Gasteiger charge is 2.31. The lowest BCUT2D eigenvalue weighted by Crippen LogP contribution is -2.22. The van der Waals surface area contributed by atoms with Gasteiger partial charge in [0.25, 0.3) is 9.05 Å². The van der Waals surface area contributed by atoms with Crippen molar-refractivity contribution >= 4 is 31.3 Å². The molecule has 1 rings (SSSR count). The highest BCUT2D eigenvalue weighted by atomic mass is 35.7. The summed E-state index contributed by atoms with van der Waals surface area (Å²) in [5.74, 6) is -1.22. The molecule has 20 heavy (non-hydrogen) atoms. The van der Waals surface area contributed by atoms with E-state index in [9.17, 15) is 26.4 Å². The topological polar surface area (TPSA) is 63.2 Å². The van der Waals surface area contributed by atoms with E-state index >= 15 is 0 Å². The van der Waals surface area contributed by atoms with E-state index in [4.69, 9.17) is 10.7 Å². The minimum Gasteiger partial charge on any atom is -0.325 e. The first-order chi connectivity index (χ1) is 8.90. The van der Waals surface area contributed by atoms with Crippen LogP contribution >= 0.6 is 10.7 Å². The molecule has 0 spiro atoms. The zero-order chi connectivity index (χ0) is 15.7. The molecule has 0 aliphatic rings. The Hall–Kier alpha value is -1.28. The van der Waals surface area contributed by atoms with Crippen LogP contribution in [0, 0.1) is 13.8 Å². The first kappa shape index (κ1) is 16.8. The second kappa shape index (κ2) is 5.61. The van der Waals surface area contributed by atoms with Crippen molar-refractivity contribution in [3.05, 3.63) is 23.3 Å². The number of alkyl halides is 3. The SMILES string of the molecule is Cc1cc(S(=O)(=O)Cl)cc(C)c1NC(=O)CC(F)(F)F. The van der Waals surface area contributed by atoms with Crippen LogP contribution in [0.15, 0.2) is 17.0 Å². The summed E-state index contributed by atoms with van der Waals surface area (Å²) in [4.78, 5) is 11.1. The summed E-state index contributed by atoms with van der Waals surface area (Å²) in [5, 5.41) is 2.12. The summed E-state index contributed by atoms with van der Waals surface area (Å²) >= 11 is 0. The Labute approximate surface area is 118 Å². The lowest BCUT2D eigenvalue weighted by atomic mass is 10.1. The monoisotopic (exact) mass is 329 g/mol. The summed E-state index contributed by atoms with van der Waals surface area (Å²) in [7, 11) is 1.24. The molecule has 0 heterocycles. The molecule has 0 aromatic heterocycles. The normalized spacial score (nSPS) is 12.3. The fourth-order valence-corrected chi connectivity index (χ4v) is 2.53. The molecule has 0 saturated heterocycles. The molecule has 0 saturated carbocycles. The van der Waals surface area contributed by atoms with Gasteiger partial charge in [-0.05, 0) is 37.1 Å². The number of carbonyl (C=O) groups is 1. The van der Waals surface area contributed by atoms with E-state index in [0.717, 1.165) is 0 Å². The van der Waals surface area contributed by atoms with Gasteiger partial charge in [0.05, 0.1) is 4.90 Å². The van der Waals surface area contributed by atoms with Crippen LogP contribution in [0.5, 0.6) is 0 Å². The van der Waals surface area contributed by atoms with Gasteiger partial charge < -0.3 is 5.32 Å². The van der Waals surface area contributed by atoms with Crippen molar-refractivity contribution in [2.24, 2.45) is 0 Å². The third-order valence-electron chi connectivity index (χ3n) is 2.41. The number of benzene rings is 1. The van der Waals surface area contributed by atoms with E-state index in [1.165, 1.54) is 26.0 Å². The molecule has 4 nitrogen and oxygen atoms in total. The van der Waals surface area contributed by atoms with Gasteiger partial charge in [0.15, 0.2) is 0 Å². The van der Waals surface area contributed by atoms with Crippen molar-refractivity contribution in [3.63, 3.8) is 0 Å². The predicted octanol–water partition coefficient (Wildman–Crippen LogP) is 3.12. The summed E-state index contributed by atoms with van der Waals surface area (Å²) in [5.41, 5.74) is 0.753. The van der Waals surface area contributed by atoms with Gasteiger partial charge in [-0.15, -0.1) is 0 Å². The van der Waals surface area contributed by atoms with Crippen LogP contribution in [0.3, 0.4) is 0 Å². The molecule has 1 aromatic carbocycles. The van der Waals surface area contributed by atoms with Crippen molar-refractivity contribution < 1.29 is 26.4 Å². The van der Waals surface area contributed by atoms with Crippen molar-refractivity contribution in [2.45, 2.75) is 31.3 Å². The van der Waals surface area contributed by atoms with E-state index in [0.29, 0.717) is 11.1 Å². The van der Waals surface area contributed by atoms with Crippen molar-refractivity contribution in [2.75, 3.05) is 5.32 Å². The van der Waals surface area contributed by atoms with Crippen molar-refractivity contribution in [1.82, 2.24) is 0 Å². The lowest BCUT2D eigenvalue weighted by Gasteiger charge is -2.13. The molecule has 0 radical (unpaired) electrons. The van der Waals surface area contributed by atoms with Gasteiger partial charge in [-0.2, -0.15) is 13.2 Å². The number of aryl methyl sites for hydroxylation is 2. The van der Waals surface area contributed by atoms with Crippen LogP contribution in [0.1, 0.15) is 17.5 Å². The molecule has 0 unspecified atom stereocenters. The van der Waals surface area contributed by atoms with Gasteiger partial charge in [-0.3, -0.25) is 4.79 Å². The fourth-order valence-electron chi connectivity index (χ4n) is 1.63. The van der Waals surface area contributed by atoms with Crippen LogP contribution in [0.2, 0.25) is 0 Å². The van der Waals surface area contributed by atoms with E-state index < -0.39 is 27.6 Å². The number of hydrogen-bond acceptors (Lipinski definition) is 3. The first-order valence-corrected chi connectivity index (χ1v) is 7.63. The second-order valence-corrected chi connectivity index (χ2v) is 6.78. The highest BCUT2D eigenvalue weighted by molar-refractivity contribution is 8.13. The summed E-state index contributed by atoms with van der Waals surface area (Å²) in [6.45, 7) is 2.92. The molecule has 0 aliphatic carbocycles. The number of amides is 1. The summed E-state index contributed by atoms with van der Waals surface area (Å²) in [6.07, 6.45) is -6.22.